The number of nitriles is 1. The van der Waals surface area contributed by atoms with E-state index in [9.17, 15) is 13.3 Å². The van der Waals surface area contributed by atoms with Gasteiger partial charge in [-0.2, -0.15) is 5.26 Å². The molecule has 0 aromatic heterocycles. The zero-order chi connectivity index (χ0) is 11.5. The van der Waals surface area contributed by atoms with Crippen LogP contribution in [0.1, 0.15) is 0 Å². The van der Waals surface area contributed by atoms with Crippen LogP contribution in [0.25, 0.3) is 0 Å². The van der Waals surface area contributed by atoms with Crippen molar-refractivity contribution < 1.29 is 8.42 Å². The van der Waals surface area contributed by atoms with Crippen molar-refractivity contribution in [1.29, 1.82) is 5.26 Å². The Bertz CT molecular complexity index is 504. The standard InChI is InChI=1S/C8H5BrN2O3S/c9-6-1-3-7(4-2-6)15(13,14)8(5-10)11-12/h1-4,8H. The van der Waals surface area contributed by atoms with Gasteiger partial charge in [0.15, 0.2) is 0 Å². The highest BCUT2D eigenvalue weighted by Gasteiger charge is 2.28. The van der Waals surface area contributed by atoms with E-state index in [-0.39, 0.29) is 4.90 Å². The monoisotopic (exact) mass is 288 g/mol. The van der Waals surface area contributed by atoms with Crippen LogP contribution in [0.2, 0.25) is 0 Å². The van der Waals surface area contributed by atoms with Crippen LogP contribution in [0.15, 0.2) is 38.8 Å². The predicted molar refractivity (Wildman–Crippen MR) is 56.5 cm³/mol. The summed E-state index contributed by atoms with van der Waals surface area (Å²) in [5.74, 6) is 0. The smallest absolute Gasteiger partial charge is 0.220 e. The molecule has 0 aliphatic carbocycles. The molecule has 0 radical (unpaired) electrons. The summed E-state index contributed by atoms with van der Waals surface area (Å²) in [5, 5.41) is 8.82. The number of rotatable bonds is 3. The van der Waals surface area contributed by atoms with Gasteiger partial charge in [0.25, 0.3) is 5.37 Å². The van der Waals surface area contributed by atoms with Gasteiger partial charge in [0.2, 0.25) is 9.84 Å². The minimum absolute atomic E-state index is 0.100. The van der Waals surface area contributed by atoms with Crippen molar-refractivity contribution in [2.45, 2.75) is 10.3 Å². The number of hydrogen-bond donors (Lipinski definition) is 0. The molecule has 0 bridgehead atoms. The SMILES string of the molecule is N#CC(N=O)S(=O)(=O)c1ccc(Br)cc1. The summed E-state index contributed by atoms with van der Waals surface area (Å²) in [6.45, 7) is 0. The Morgan fingerprint density at radius 1 is 1.33 bits per heavy atom. The number of halogens is 1. The second-order valence-corrected chi connectivity index (χ2v) is 5.51. The first kappa shape index (κ1) is 11.8. The van der Waals surface area contributed by atoms with Crippen LogP contribution in [-0.4, -0.2) is 13.8 Å². The molecule has 1 unspecified atom stereocenters. The highest BCUT2D eigenvalue weighted by atomic mass is 79.9. The van der Waals surface area contributed by atoms with Crippen LogP contribution in [0.3, 0.4) is 0 Å². The normalized spacial score (nSPS) is 12.8. The maximum atomic E-state index is 11.6. The van der Waals surface area contributed by atoms with Gasteiger partial charge >= 0.3 is 0 Å². The lowest BCUT2D eigenvalue weighted by Crippen LogP contribution is -2.16. The lowest BCUT2D eigenvalue weighted by atomic mass is 10.4. The topological polar surface area (TPSA) is 87.4 Å². The predicted octanol–water partition coefficient (Wildman–Crippen LogP) is 1.84. The van der Waals surface area contributed by atoms with Crippen molar-refractivity contribution in [3.05, 3.63) is 33.6 Å². The van der Waals surface area contributed by atoms with Crippen LogP contribution in [0.5, 0.6) is 0 Å². The van der Waals surface area contributed by atoms with Crippen molar-refractivity contribution in [2.75, 3.05) is 0 Å². The molecular weight excluding hydrogens is 284 g/mol. The molecule has 0 aliphatic rings. The molecule has 0 heterocycles. The Morgan fingerprint density at radius 2 is 1.87 bits per heavy atom. The summed E-state index contributed by atoms with van der Waals surface area (Å²) < 4.78 is 23.9. The first-order valence-electron chi connectivity index (χ1n) is 3.74. The fraction of sp³-hybridized carbons (Fsp3) is 0.125. The molecule has 78 valence electrons. The molecule has 1 atom stereocenters. The van der Waals surface area contributed by atoms with E-state index in [0.717, 1.165) is 0 Å². The van der Waals surface area contributed by atoms with E-state index in [0.29, 0.717) is 4.47 Å². The first-order chi connectivity index (χ1) is 7.02. The van der Waals surface area contributed by atoms with Crippen molar-refractivity contribution in [3.63, 3.8) is 0 Å². The maximum Gasteiger partial charge on any atom is 0.281 e. The van der Waals surface area contributed by atoms with Crippen molar-refractivity contribution in [3.8, 4) is 6.07 Å². The molecule has 5 nitrogen and oxygen atoms in total. The molecule has 0 fully saturated rings. The van der Waals surface area contributed by atoms with Crippen LogP contribution in [-0.2, 0) is 9.84 Å². The van der Waals surface area contributed by atoms with Gasteiger partial charge in [0, 0.05) is 4.47 Å². The third-order valence-corrected chi connectivity index (χ3v) is 3.88. The van der Waals surface area contributed by atoms with Gasteiger partial charge in [0.1, 0.15) is 6.07 Å². The lowest BCUT2D eigenvalue weighted by Gasteiger charge is -2.03. The molecule has 7 heteroatoms. The highest BCUT2D eigenvalue weighted by Crippen LogP contribution is 2.19. The van der Waals surface area contributed by atoms with Crippen molar-refractivity contribution in [1.82, 2.24) is 0 Å². The molecule has 0 N–H and O–H groups in total. The molecule has 1 rings (SSSR count). The highest BCUT2D eigenvalue weighted by molar-refractivity contribution is 9.10. The van der Waals surface area contributed by atoms with E-state index < -0.39 is 15.2 Å². The third-order valence-electron chi connectivity index (χ3n) is 1.64. The van der Waals surface area contributed by atoms with E-state index in [4.69, 9.17) is 5.26 Å². The van der Waals surface area contributed by atoms with Gasteiger partial charge in [-0.1, -0.05) is 15.9 Å². The molecule has 1 aromatic rings. The minimum atomic E-state index is -3.98. The quantitative estimate of drug-likeness (QED) is 0.794. The Morgan fingerprint density at radius 3 is 2.27 bits per heavy atom. The Labute approximate surface area is 94.7 Å². The van der Waals surface area contributed by atoms with E-state index >= 15 is 0 Å². The van der Waals surface area contributed by atoms with Crippen molar-refractivity contribution >= 4 is 25.8 Å². The summed E-state index contributed by atoms with van der Waals surface area (Å²) in [4.78, 5) is 10.1. The van der Waals surface area contributed by atoms with E-state index in [1.807, 2.05) is 0 Å². The van der Waals surface area contributed by atoms with Gasteiger partial charge in [-0.3, -0.25) is 0 Å². The fourth-order valence-corrected chi connectivity index (χ4v) is 2.19. The number of sulfone groups is 1. The van der Waals surface area contributed by atoms with Crippen molar-refractivity contribution in [2.24, 2.45) is 5.18 Å². The van der Waals surface area contributed by atoms with Gasteiger partial charge in [-0.15, -0.1) is 4.91 Å². The third kappa shape index (κ3) is 2.40. The average Bonchev–Trinajstić information content (AvgIpc) is 2.19. The number of nitrogens with zero attached hydrogens (tertiary/aromatic N) is 2. The zero-order valence-electron chi connectivity index (χ0n) is 7.29. The van der Waals surface area contributed by atoms with E-state index in [1.54, 1.807) is 0 Å². The zero-order valence-corrected chi connectivity index (χ0v) is 9.69. The number of benzene rings is 1. The summed E-state index contributed by atoms with van der Waals surface area (Å²) >= 11 is 3.14. The summed E-state index contributed by atoms with van der Waals surface area (Å²) in [5.41, 5.74) is 0. The first-order valence-corrected chi connectivity index (χ1v) is 6.08. The fourth-order valence-electron chi connectivity index (χ4n) is 0.903. The van der Waals surface area contributed by atoms with Crippen LogP contribution in [0.4, 0.5) is 0 Å². The van der Waals surface area contributed by atoms with E-state index in [1.165, 1.54) is 30.3 Å². The molecular formula is C8H5BrN2O3S. The van der Waals surface area contributed by atoms with Gasteiger partial charge in [0.05, 0.1) is 4.90 Å². The largest absolute Gasteiger partial charge is 0.281 e. The summed E-state index contributed by atoms with van der Waals surface area (Å²) in [7, 11) is -3.98. The van der Waals surface area contributed by atoms with Gasteiger partial charge in [-0.25, -0.2) is 8.42 Å². The second kappa shape index (κ2) is 4.51. The van der Waals surface area contributed by atoms with E-state index in [2.05, 4.69) is 21.1 Å². The number of nitroso groups, excluding NO2 is 1. The second-order valence-electron chi connectivity index (χ2n) is 2.59. The maximum absolute atomic E-state index is 11.6. The average molecular weight is 289 g/mol. The molecule has 0 saturated heterocycles. The minimum Gasteiger partial charge on any atom is -0.220 e. The van der Waals surface area contributed by atoms with Crippen LogP contribution < -0.4 is 0 Å². The Kier molecular flexibility index (Phi) is 3.55. The lowest BCUT2D eigenvalue weighted by molar-refractivity contribution is 0.590. The Balaban J connectivity index is 3.24. The molecule has 0 saturated carbocycles. The summed E-state index contributed by atoms with van der Waals surface area (Å²) in [6, 6.07) is 6.94. The molecule has 15 heavy (non-hydrogen) atoms. The molecule has 0 amide bonds. The van der Waals surface area contributed by atoms with Gasteiger partial charge in [-0.05, 0) is 29.4 Å². The van der Waals surface area contributed by atoms with Crippen LogP contribution >= 0.6 is 15.9 Å². The molecule has 0 spiro atoms. The van der Waals surface area contributed by atoms with Crippen LogP contribution in [0, 0.1) is 16.2 Å². The summed E-state index contributed by atoms with van der Waals surface area (Å²) in [6.07, 6.45) is 0. The van der Waals surface area contributed by atoms with Gasteiger partial charge < -0.3 is 0 Å². The Hall–Kier alpha value is -1.26. The molecule has 1 aromatic carbocycles. The molecule has 0 aliphatic heterocycles. The number of hydrogen-bond acceptors (Lipinski definition) is 5.